The number of benzene rings is 2. The molecule has 1 unspecified atom stereocenters. The molecular formula is C23H25ClN4O3S. The summed E-state index contributed by atoms with van der Waals surface area (Å²) in [6, 6.07) is 14.0. The van der Waals surface area contributed by atoms with Crippen molar-refractivity contribution in [1.82, 2.24) is 14.5 Å². The molecule has 0 fully saturated rings. The number of nitrogens with zero attached hydrogens (tertiary/aromatic N) is 3. The van der Waals surface area contributed by atoms with Crippen LogP contribution in [0.4, 0.5) is 5.69 Å². The number of rotatable bonds is 8. The van der Waals surface area contributed by atoms with Gasteiger partial charge in [0.25, 0.3) is 5.56 Å². The van der Waals surface area contributed by atoms with Crippen LogP contribution in [0.5, 0.6) is 0 Å². The van der Waals surface area contributed by atoms with Crippen molar-refractivity contribution in [2.24, 2.45) is 0 Å². The van der Waals surface area contributed by atoms with Gasteiger partial charge in [0.15, 0.2) is 5.16 Å². The van der Waals surface area contributed by atoms with Crippen LogP contribution >= 0.6 is 23.4 Å². The lowest BCUT2D eigenvalue weighted by molar-refractivity contribution is -0.131. The number of hydrogen-bond donors (Lipinski definition) is 1. The normalized spacial score (nSPS) is 11.9. The van der Waals surface area contributed by atoms with Gasteiger partial charge in [-0.25, -0.2) is 4.98 Å². The largest absolute Gasteiger partial charge is 0.336 e. The van der Waals surface area contributed by atoms with E-state index in [4.69, 9.17) is 11.6 Å². The van der Waals surface area contributed by atoms with E-state index in [1.165, 1.54) is 16.7 Å². The average Bonchev–Trinajstić information content (AvgIpc) is 2.78. The van der Waals surface area contributed by atoms with Crippen LogP contribution in [0.2, 0.25) is 5.02 Å². The summed E-state index contributed by atoms with van der Waals surface area (Å²) in [5.41, 5.74) is 0.971. The van der Waals surface area contributed by atoms with Gasteiger partial charge < -0.3 is 10.2 Å². The van der Waals surface area contributed by atoms with Gasteiger partial charge in [-0.2, -0.15) is 0 Å². The number of carbonyl (C=O) groups excluding carboxylic acids is 2. The number of para-hydroxylation sites is 2. The molecule has 7 nitrogen and oxygen atoms in total. The SMILES string of the molecule is CCC(C)n1c(SCC(=O)N(C)CC(=O)Nc2ccccc2Cl)nc2ccccc2c1=O. The van der Waals surface area contributed by atoms with E-state index in [0.717, 1.165) is 6.42 Å². The Morgan fingerprint density at radius 2 is 1.88 bits per heavy atom. The molecule has 2 aromatic carbocycles. The minimum Gasteiger partial charge on any atom is -0.336 e. The predicted octanol–water partition coefficient (Wildman–Crippen LogP) is 4.21. The van der Waals surface area contributed by atoms with E-state index in [2.05, 4.69) is 10.3 Å². The molecule has 0 saturated carbocycles. The van der Waals surface area contributed by atoms with Gasteiger partial charge in [0, 0.05) is 13.1 Å². The zero-order valence-corrected chi connectivity index (χ0v) is 19.7. The number of nitrogens with one attached hydrogen (secondary N) is 1. The van der Waals surface area contributed by atoms with Crippen LogP contribution in [0.1, 0.15) is 26.3 Å². The fraction of sp³-hybridized carbons (Fsp3) is 0.304. The standard InChI is InChI=1S/C23H25ClN4O3S/c1-4-15(2)28-22(31)16-9-5-7-11-18(16)26-23(28)32-14-21(30)27(3)13-20(29)25-19-12-8-6-10-17(19)24/h5-12,15H,4,13-14H2,1-3H3,(H,25,29). The summed E-state index contributed by atoms with van der Waals surface area (Å²) in [6.45, 7) is 3.83. The molecule has 0 radical (unpaired) electrons. The van der Waals surface area contributed by atoms with Gasteiger partial charge in [0.1, 0.15) is 0 Å². The minimum absolute atomic E-state index is 0.0527. The maximum Gasteiger partial charge on any atom is 0.262 e. The summed E-state index contributed by atoms with van der Waals surface area (Å²) in [4.78, 5) is 43.9. The second-order valence-electron chi connectivity index (χ2n) is 7.41. The third-order valence-electron chi connectivity index (χ3n) is 5.09. The Bertz CT molecular complexity index is 1200. The molecule has 0 aliphatic heterocycles. The molecule has 1 heterocycles. The molecule has 168 valence electrons. The molecule has 9 heteroatoms. The van der Waals surface area contributed by atoms with Crippen molar-refractivity contribution in [2.45, 2.75) is 31.5 Å². The second kappa shape index (κ2) is 10.7. The number of aromatic nitrogens is 2. The fourth-order valence-electron chi connectivity index (χ4n) is 3.09. The molecule has 0 aliphatic carbocycles. The summed E-state index contributed by atoms with van der Waals surface area (Å²) in [7, 11) is 1.56. The first-order chi connectivity index (χ1) is 15.3. The zero-order chi connectivity index (χ0) is 23.3. The van der Waals surface area contributed by atoms with Crippen LogP contribution in [0, 0.1) is 0 Å². The molecule has 3 rings (SSSR count). The van der Waals surface area contributed by atoms with Crippen LogP contribution in [0.25, 0.3) is 10.9 Å². The quantitative estimate of drug-likeness (QED) is 0.392. The fourth-order valence-corrected chi connectivity index (χ4v) is 4.31. The maximum atomic E-state index is 13.0. The van der Waals surface area contributed by atoms with Crippen LogP contribution in [0.3, 0.4) is 0 Å². The Balaban J connectivity index is 1.70. The molecule has 0 saturated heterocycles. The van der Waals surface area contributed by atoms with Crippen LogP contribution in [0.15, 0.2) is 58.5 Å². The second-order valence-corrected chi connectivity index (χ2v) is 8.76. The van der Waals surface area contributed by atoms with Crippen molar-refractivity contribution in [3.05, 3.63) is 63.9 Å². The van der Waals surface area contributed by atoms with Crippen LogP contribution < -0.4 is 10.9 Å². The minimum atomic E-state index is -0.348. The lowest BCUT2D eigenvalue weighted by Crippen LogP contribution is -2.36. The number of carbonyl (C=O) groups is 2. The summed E-state index contributed by atoms with van der Waals surface area (Å²) in [6.07, 6.45) is 0.754. The molecule has 2 amide bonds. The smallest absolute Gasteiger partial charge is 0.262 e. The Labute approximate surface area is 195 Å². The summed E-state index contributed by atoms with van der Waals surface area (Å²) >= 11 is 7.26. The van der Waals surface area contributed by atoms with Crippen molar-refractivity contribution < 1.29 is 9.59 Å². The van der Waals surface area contributed by atoms with Crippen molar-refractivity contribution in [3.8, 4) is 0 Å². The van der Waals surface area contributed by atoms with Gasteiger partial charge in [-0.05, 0) is 37.6 Å². The van der Waals surface area contributed by atoms with E-state index in [9.17, 15) is 14.4 Å². The highest BCUT2D eigenvalue weighted by Crippen LogP contribution is 2.23. The average molecular weight is 473 g/mol. The van der Waals surface area contributed by atoms with E-state index in [1.807, 2.05) is 26.0 Å². The van der Waals surface area contributed by atoms with E-state index < -0.39 is 0 Å². The van der Waals surface area contributed by atoms with Gasteiger partial charge in [-0.1, -0.05) is 54.6 Å². The first kappa shape index (κ1) is 23.8. The van der Waals surface area contributed by atoms with Crippen molar-refractivity contribution in [1.29, 1.82) is 0 Å². The predicted molar refractivity (Wildman–Crippen MR) is 129 cm³/mol. The molecule has 32 heavy (non-hydrogen) atoms. The Morgan fingerprint density at radius 3 is 2.59 bits per heavy atom. The van der Waals surface area contributed by atoms with E-state index >= 15 is 0 Å². The number of likely N-dealkylation sites (N-methyl/N-ethyl adjacent to an activating group) is 1. The molecule has 1 aromatic heterocycles. The summed E-state index contributed by atoms with van der Waals surface area (Å²) in [5.74, 6) is -0.543. The molecule has 0 bridgehead atoms. The van der Waals surface area contributed by atoms with Crippen LogP contribution in [-0.4, -0.2) is 45.6 Å². The van der Waals surface area contributed by atoms with Gasteiger partial charge >= 0.3 is 0 Å². The van der Waals surface area contributed by atoms with Gasteiger partial charge in [0.2, 0.25) is 11.8 Å². The lowest BCUT2D eigenvalue weighted by Gasteiger charge is -2.20. The topological polar surface area (TPSA) is 84.3 Å². The number of hydrogen-bond acceptors (Lipinski definition) is 5. The number of thioether (sulfide) groups is 1. The van der Waals surface area contributed by atoms with E-state index in [0.29, 0.717) is 26.8 Å². The summed E-state index contributed by atoms with van der Waals surface area (Å²) < 4.78 is 1.64. The monoisotopic (exact) mass is 472 g/mol. The summed E-state index contributed by atoms with van der Waals surface area (Å²) in [5, 5.41) is 4.17. The molecule has 0 spiro atoms. The van der Waals surface area contributed by atoms with Gasteiger partial charge in [-0.3, -0.25) is 19.0 Å². The molecule has 1 atom stereocenters. The third kappa shape index (κ3) is 5.49. The highest BCUT2D eigenvalue weighted by molar-refractivity contribution is 7.99. The Kier molecular flexibility index (Phi) is 7.93. The number of anilines is 1. The highest BCUT2D eigenvalue weighted by Gasteiger charge is 2.19. The van der Waals surface area contributed by atoms with Crippen molar-refractivity contribution in [2.75, 3.05) is 24.7 Å². The molecule has 0 aliphatic rings. The third-order valence-corrected chi connectivity index (χ3v) is 6.35. The Morgan fingerprint density at radius 1 is 1.19 bits per heavy atom. The Hall–Kier alpha value is -2.84. The van der Waals surface area contributed by atoms with E-state index in [1.54, 1.807) is 48.0 Å². The zero-order valence-electron chi connectivity index (χ0n) is 18.2. The first-order valence-electron chi connectivity index (χ1n) is 10.2. The number of halogens is 1. The number of amides is 2. The number of fused-ring (bicyclic) bond motifs is 1. The lowest BCUT2D eigenvalue weighted by atomic mass is 10.2. The molecule has 3 aromatic rings. The van der Waals surface area contributed by atoms with Crippen molar-refractivity contribution >= 4 is 51.8 Å². The molecular weight excluding hydrogens is 448 g/mol. The highest BCUT2D eigenvalue weighted by atomic mass is 35.5. The van der Waals surface area contributed by atoms with Gasteiger partial charge in [-0.15, -0.1) is 0 Å². The molecule has 1 N–H and O–H groups in total. The van der Waals surface area contributed by atoms with Gasteiger partial charge in [0.05, 0.1) is 33.9 Å². The van der Waals surface area contributed by atoms with Crippen molar-refractivity contribution in [3.63, 3.8) is 0 Å². The van der Waals surface area contributed by atoms with E-state index in [-0.39, 0.29) is 35.7 Å². The maximum absolute atomic E-state index is 13.0. The first-order valence-corrected chi connectivity index (χ1v) is 11.6. The van der Waals surface area contributed by atoms with Crippen LogP contribution in [-0.2, 0) is 9.59 Å².